The zero-order valence-corrected chi connectivity index (χ0v) is 6.99. The quantitative estimate of drug-likeness (QED) is 0.626. The van der Waals surface area contributed by atoms with E-state index < -0.39 is 43.3 Å². The SMILES string of the molecule is O=C1O[C@H](CO)[C@@H](O)[C@@H]1CC(F)(F)F. The highest BCUT2D eigenvalue weighted by Crippen LogP contribution is 2.32. The first kappa shape index (κ1) is 11.3. The Kier molecular flexibility index (Phi) is 3.01. The van der Waals surface area contributed by atoms with Gasteiger partial charge in [-0.05, 0) is 0 Å². The van der Waals surface area contributed by atoms with E-state index in [1.54, 1.807) is 0 Å². The highest BCUT2D eigenvalue weighted by molar-refractivity contribution is 5.75. The molecular formula is C7H9F3O4. The van der Waals surface area contributed by atoms with Crippen molar-refractivity contribution in [2.24, 2.45) is 5.92 Å². The van der Waals surface area contributed by atoms with Crippen LogP contribution in [-0.2, 0) is 9.53 Å². The van der Waals surface area contributed by atoms with Crippen LogP contribution in [0.4, 0.5) is 13.2 Å². The summed E-state index contributed by atoms with van der Waals surface area (Å²) < 4.78 is 40.1. The van der Waals surface area contributed by atoms with Crippen molar-refractivity contribution in [3.8, 4) is 0 Å². The molecule has 0 saturated carbocycles. The van der Waals surface area contributed by atoms with Crippen molar-refractivity contribution in [2.45, 2.75) is 24.8 Å². The molecule has 1 aliphatic rings. The maximum atomic E-state index is 11.9. The van der Waals surface area contributed by atoms with E-state index in [0.717, 1.165) is 0 Å². The minimum Gasteiger partial charge on any atom is -0.457 e. The predicted molar refractivity (Wildman–Crippen MR) is 37.1 cm³/mol. The molecule has 0 unspecified atom stereocenters. The molecule has 1 heterocycles. The van der Waals surface area contributed by atoms with E-state index in [-0.39, 0.29) is 0 Å². The van der Waals surface area contributed by atoms with Crippen LogP contribution in [0.1, 0.15) is 6.42 Å². The van der Waals surface area contributed by atoms with Crippen LogP contribution in [0.25, 0.3) is 0 Å². The number of carbonyl (C=O) groups is 1. The monoisotopic (exact) mass is 214 g/mol. The Hall–Kier alpha value is -0.820. The van der Waals surface area contributed by atoms with Gasteiger partial charge in [0.1, 0.15) is 6.10 Å². The van der Waals surface area contributed by atoms with Gasteiger partial charge in [-0.2, -0.15) is 13.2 Å². The molecule has 82 valence electrons. The Morgan fingerprint density at radius 3 is 2.36 bits per heavy atom. The molecular weight excluding hydrogens is 205 g/mol. The zero-order valence-electron chi connectivity index (χ0n) is 6.99. The third-order valence-electron chi connectivity index (χ3n) is 1.99. The number of ether oxygens (including phenoxy) is 1. The van der Waals surface area contributed by atoms with Crippen molar-refractivity contribution in [1.29, 1.82) is 0 Å². The summed E-state index contributed by atoms with van der Waals surface area (Å²) in [6.07, 6.45) is -8.79. The van der Waals surface area contributed by atoms with E-state index >= 15 is 0 Å². The normalized spacial score (nSPS) is 33.2. The number of aliphatic hydroxyl groups is 2. The molecule has 3 atom stereocenters. The molecule has 1 aliphatic heterocycles. The number of aliphatic hydroxyl groups excluding tert-OH is 2. The second kappa shape index (κ2) is 3.74. The number of cyclic esters (lactones) is 1. The summed E-state index contributed by atoms with van der Waals surface area (Å²) >= 11 is 0. The van der Waals surface area contributed by atoms with Crippen molar-refractivity contribution in [2.75, 3.05) is 6.61 Å². The number of halogens is 3. The van der Waals surface area contributed by atoms with Gasteiger partial charge >= 0.3 is 12.1 Å². The maximum absolute atomic E-state index is 11.9. The summed E-state index contributed by atoms with van der Waals surface area (Å²) in [5, 5.41) is 17.7. The highest BCUT2D eigenvalue weighted by Gasteiger charge is 2.48. The number of carbonyl (C=O) groups excluding carboxylic acids is 1. The van der Waals surface area contributed by atoms with Crippen LogP contribution < -0.4 is 0 Å². The van der Waals surface area contributed by atoms with Gasteiger partial charge in [0.2, 0.25) is 0 Å². The molecule has 0 bridgehead atoms. The van der Waals surface area contributed by atoms with Crippen LogP contribution in [0, 0.1) is 5.92 Å². The molecule has 0 radical (unpaired) electrons. The molecule has 14 heavy (non-hydrogen) atoms. The summed E-state index contributed by atoms with van der Waals surface area (Å²) in [6.45, 7) is -0.679. The van der Waals surface area contributed by atoms with Crippen molar-refractivity contribution in [3.05, 3.63) is 0 Å². The van der Waals surface area contributed by atoms with Crippen molar-refractivity contribution >= 4 is 5.97 Å². The van der Waals surface area contributed by atoms with Gasteiger partial charge in [0.25, 0.3) is 0 Å². The molecule has 0 aromatic rings. The lowest BCUT2D eigenvalue weighted by molar-refractivity contribution is -0.162. The number of hydrogen-bond donors (Lipinski definition) is 2. The molecule has 1 fully saturated rings. The van der Waals surface area contributed by atoms with Gasteiger partial charge in [0.05, 0.1) is 18.9 Å². The van der Waals surface area contributed by atoms with E-state index in [4.69, 9.17) is 5.11 Å². The van der Waals surface area contributed by atoms with Crippen LogP contribution in [0.3, 0.4) is 0 Å². The van der Waals surface area contributed by atoms with Crippen LogP contribution >= 0.6 is 0 Å². The number of alkyl halides is 3. The fourth-order valence-electron chi connectivity index (χ4n) is 1.30. The van der Waals surface area contributed by atoms with Gasteiger partial charge < -0.3 is 14.9 Å². The first-order chi connectivity index (χ1) is 6.35. The summed E-state index contributed by atoms with van der Waals surface area (Å²) in [5.41, 5.74) is 0. The second-order valence-corrected chi connectivity index (χ2v) is 3.07. The van der Waals surface area contributed by atoms with Crippen molar-refractivity contribution < 1.29 is 32.9 Å². The largest absolute Gasteiger partial charge is 0.457 e. The molecule has 0 aromatic heterocycles. The van der Waals surface area contributed by atoms with Crippen LogP contribution in [0.5, 0.6) is 0 Å². The van der Waals surface area contributed by atoms with Gasteiger partial charge in [0.15, 0.2) is 6.10 Å². The van der Waals surface area contributed by atoms with Crippen molar-refractivity contribution in [3.63, 3.8) is 0 Å². The summed E-state index contributed by atoms with van der Waals surface area (Å²) in [7, 11) is 0. The van der Waals surface area contributed by atoms with Gasteiger partial charge in [-0.15, -0.1) is 0 Å². The molecule has 1 rings (SSSR count). The fraction of sp³-hybridized carbons (Fsp3) is 0.857. The molecule has 0 aromatic carbocycles. The average Bonchev–Trinajstić information content (AvgIpc) is 2.29. The van der Waals surface area contributed by atoms with Crippen LogP contribution in [0.15, 0.2) is 0 Å². The van der Waals surface area contributed by atoms with Gasteiger partial charge in [-0.25, -0.2) is 0 Å². The molecule has 4 nitrogen and oxygen atoms in total. The lowest BCUT2D eigenvalue weighted by Crippen LogP contribution is -2.32. The Morgan fingerprint density at radius 2 is 2.00 bits per heavy atom. The minimum absolute atomic E-state index is 0.679. The molecule has 2 N–H and O–H groups in total. The van der Waals surface area contributed by atoms with Crippen LogP contribution in [0.2, 0.25) is 0 Å². The first-order valence-corrected chi connectivity index (χ1v) is 3.91. The zero-order chi connectivity index (χ0) is 10.9. The van der Waals surface area contributed by atoms with Crippen molar-refractivity contribution in [1.82, 2.24) is 0 Å². The smallest absolute Gasteiger partial charge is 0.390 e. The molecule has 0 amide bonds. The van der Waals surface area contributed by atoms with E-state index in [1.165, 1.54) is 0 Å². The molecule has 1 saturated heterocycles. The third kappa shape index (κ3) is 2.36. The Morgan fingerprint density at radius 1 is 1.43 bits per heavy atom. The summed E-state index contributed by atoms with van der Waals surface area (Å²) in [5.74, 6) is -2.74. The average molecular weight is 214 g/mol. The van der Waals surface area contributed by atoms with E-state index in [9.17, 15) is 23.1 Å². The lowest BCUT2D eigenvalue weighted by Gasteiger charge is -2.14. The first-order valence-electron chi connectivity index (χ1n) is 3.91. The molecule has 0 aliphatic carbocycles. The fourth-order valence-corrected chi connectivity index (χ4v) is 1.30. The van der Waals surface area contributed by atoms with Crippen LogP contribution in [-0.4, -0.2) is 41.2 Å². The number of rotatable bonds is 2. The Labute approximate surface area is 77.3 Å². The Balaban J connectivity index is 2.66. The molecule has 0 spiro atoms. The number of hydrogen-bond acceptors (Lipinski definition) is 4. The minimum atomic E-state index is -4.53. The second-order valence-electron chi connectivity index (χ2n) is 3.07. The van der Waals surface area contributed by atoms with E-state index in [1.807, 2.05) is 0 Å². The van der Waals surface area contributed by atoms with Gasteiger partial charge in [-0.3, -0.25) is 4.79 Å². The summed E-state index contributed by atoms with van der Waals surface area (Å²) in [4.78, 5) is 10.8. The number of esters is 1. The Bertz CT molecular complexity index is 227. The van der Waals surface area contributed by atoms with Gasteiger partial charge in [-0.1, -0.05) is 0 Å². The maximum Gasteiger partial charge on any atom is 0.390 e. The predicted octanol–water partition coefficient (Wildman–Crippen LogP) is -0.166. The standard InChI is InChI=1S/C7H9F3O4/c8-7(9,10)1-3-5(12)4(2-11)14-6(3)13/h3-5,11-12H,1-2H2/t3-,4+,5-/m0/s1. The molecule has 7 heteroatoms. The third-order valence-corrected chi connectivity index (χ3v) is 1.99. The van der Waals surface area contributed by atoms with E-state index in [0.29, 0.717) is 0 Å². The summed E-state index contributed by atoms with van der Waals surface area (Å²) in [6, 6.07) is 0. The topological polar surface area (TPSA) is 66.8 Å². The highest BCUT2D eigenvalue weighted by atomic mass is 19.4. The van der Waals surface area contributed by atoms with E-state index in [2.05, 4.69) is 4.74 Å². The lowest BCUT2D eigenvalue weighted by atomic mass is 9.98. The van der Waals surface area contributed by atoms with Gasteiger partial charge in [0, 0.05) is 0 Å².